The van der Waals surface area contributed by atoms with Crippen LogP contribution in [-0.2, 0) is 4.74 Å². The van der Waals surface area contributed by atoms with Gasteiger partial charge in [0.05, 0.1) is 12.7 Å². The molecule has 0 aromatic heterocycles. The number of hydrogen-bond acceptors (Lipinski definition) is 3. The van der Waals surface area contributed by atoms with Gasteiger partial charge in [-0.3, -0.25) is 0 Å². The molecule has 1 aromatic rings. The molecule has 1 saturated heterocycles. The summed E-state index contributed by atoms with van der Waals surface area (Å²) in [5.74, 6) is 0.912. The quantitative estimate of drug-likeness (QED) is 0.810. The zero-order chi connectivity index (χ0) is 14.4. The van der Waals surface area contributed by atoms with E-state index in [0.717, 1.165) is 29.8 Å². The van der Waals surface area contributed by atoms with Gasteiger partial charge < -0.3 is 14.8 Å². The number of rotatable bonds is 7. The third kappa shape index (κ3) is 4.21. The fourth-order valence-electron chi connectivity index (χ4n) is 2.71. The molecule has 1 aromatic carbocycles. The number of ether oxygens (including phenoxy) is 2. The van der Waals surface area contributed by atoms with Gasteiger partial charge in [-0.15, -0.1) is 0 Å². The SMILES string of the molecule is CCNC(CC1CCCO1)c1ccc(OCC)cc1Br. The van der Waals surface area contributed by atoms with Crippen LogP contribution in [0.3, 0.4) is 0 Å². The molecule has 0 amide bonds. The van der Waals surface area contributed by atoms with Crippen molar-refractivity contribution >= 4 is 15.9 Å². The Morgan fingerprint density at radius 1 is 1.45 bits per heavy atom. The summed E-state index contributed by atoms with van der Waals surface area (Å²) in [7, 11) is 0. The average Bonchev–Trinajstić information content (AvgIpc) is 2.92. The van der Waals surface area contributed by atoms with Gasteiger partial charge in [0.25, 0.3) is 0 Å². The van der Waals surface area contributed by atoms with Crippen LogP contribution < -0.4 is 10.1 Å². The maximum atomic E-state index is 5.77. The van der Waals surface area contributed by atoms with Gasteiger partial charge in [-0.25, -0.2) is 0 Å². The Morgan fingerprint density at radius 2 is 2.30 bits per heavy atom. The fourth-order valence-corrected chi connectivity index (χ4v) is 3.34. The fraction of sp³-hybridized carbons (Fsp3) is 0.625. The third-order valence-electron chi connectivity index (χ3n) is 3.63. The molecule has 0 aliphatic carbocycles. The summed E-state index contributed by atoms with van der Waals surface area (Å²) in [5, 5.41) is 3.57. The molecule has 4 heteroatoms. The molecule has 0 saturated carbocycles. The molecular weight excluding hydrogens is 318 g/mol. The van der Waals surface area contributed by atoms with Crippen molar-refractivity contribution in [2.75, 3.05) is 19.8 Å². The highest BCUT2D eigenvalue weighted by Gasteiger charge is 2.22. The highest BCUT2D eigenvalue weighted by atomic mass is 79.9. The van der Waals surface area contributed by atoms with Gasteiger partial charge in [-0.05, 0) is 50.4 Å². The van der Waals surface area contributed by atoms with Crippen molar-refractivity contribution < 1.29 is 9.47 Å². The second-order valence-electron chi connectivity index (χ2n) is 5.10. The molecular formula is C16H24BrNO2. The van der Waals surface area contributed by atoms with Crippen LogP contribution in [0.1, 0.15) is 44.7 Å². The van der Waals surface area contributed by atoms with E-state index in [9.17, 15) is 0 Å². The van der Waals surface area contributed by atoms with E-state index in [1.165, 1.54) is 18.4 Å². The Morgan fingerprint density at radius 3 is 2.90 bits per heavy atom. The van der Waals surface area contributed by atoms with Gasteiger partial charge in [-0.1, -0.05) is 28.9 Å². The number of hydrogen-bond donors (Lipinski definition) is 1. The largest absolute Gasteiger partial charge is 0.494 e. The molecule has 1 aliphatic rings. The first-order valence-corrected chi connectivity index (χ1v) is 8.31. The van der Waals surface area contributed by atoms with Crippen LogP contribution in [0.2, 0.25) is 0 Å². The highest BCUT2D eigenvalue weighted by molar-refractivity contribution is 9.10. The Kier molecular flexibility index (Phi) is 6.33. The number of benzene rings is 1. The summed E-state index contributed by atoms with van der Waals surface area (Å²) in [6.45, 7) is 6.70. The van der Waals surface area contributed by atoms with Crippen molar-refractivity contribution in [1.29, 1.82) is 0 Å². The van der Waals surface area contributed by atoms with E-state index in [1.54, 1.807) is 0 Å². The Bertz CT molecular complexity index is 419. The summed E-state index contributed by atoms with van der Waals surface area (Å²) in [6.07, 6.45) is 3.78. The minimum Gasteiger partial charge on any atom is -0.494 e. The summed E-state index contributed by atoms with van der Waals surface area (Å²) in [6, 6.07) is 6.58. The molecule has 112 valence electrons. The van der Waals surface area contributed by atoms with Gasteiger partial charge in [-0.2, -0.15) is 0 Å². The summed E-state index contributed by atoms with van der Waals surface area (Å²) in [5.41, 5.74) is 1.28. The van der Waals surface area contributed by atoms with Crippen LogP contribution in [0.25, 0.3) is 0 Å². The number of halogens is 1. The molecule has 20 heavy (non-hydrogen) atoms. The lowest BCUT2D eigenvalue weighted by molar-refractivity contribution is 0.0947. The predicted molar refractivity (Wildman–Crippen MR) is 85.3 cm³/mol. The van der Waals surface area contributed by atoms with Crippen molar-refractivity contribution in [3.8, 4) is 5.75 Å². The minimum absolute atomic E-state index is 0.327. The second kappa shape index (κ2) is 8.01. The van der Waals surface area contributed by atoms with Crippen molar-refractivity contribution in [3.63, 3.8) is 0 Å². The van der Waals surface area contributed by atoms with Crippen LogP contribution in [-0.4, -0.2) is 25.9 Å². The first kappa shape index (κ1) is 15.8. The van der Waals surface area contributed by atoms with Gasteiger partial charge >= 0.3 is 0 Å². The smallest absolute Gasteiger partial charge is 0.120 e. The van der Waals surface area contributed by atoms with E-state index in [4.69, 9.17) is 9.47 Å². The van der Waals surface area contributed by atoms with Gasteiger partial charge in [0, 0.05) is 17.1 Å². The van der Waals surface area contributed by atoms with E-state index in [2.05, 4.69) is 40.3 Å². The molecule has 2 rings (SSSR count). The molecule has 2 unspecified atom stereocenters. The molecule has 3 nitrogen and oxygen atoms in total. The first-order chi connectivity index (χ1) is 9.74. The van der Waals surface area contributed by atoms with Crippen LogP contribution >= 0.6 is 15.9 Å². The van der Waals surface area contributed by atoms with E-state index >= 15 is 0 Å². The summed E-state index contributed by atoms with van der Waals surface area (Å²) >= 11 is 3.68. The topological polar surface area (TPSA) is 30.5 Å². The zero-order valence-electron chi connectivity index (χ0n) is 12.3. The molecule has 1 aliphatic heterocycles. The van der Waals surface area contributed by atoms with Crippen LogP contribution in [0, 0.1) is 0 Å². The molecule has 1 fully saturated rings. The summed E-state index contributed by atoms with van der Waals surface area (Å²) in [4.78, 5) is 0. The summed E-state index contributed by atoms with van der Waals surface area (Å²) < 4.78 is 12.4. The van der Waals surface area contributed by atoms with Gasteiger partial charge in [0.2, 0.25) is 0 Å². The van der Waals surface area contributed by atoms with E-state index in [0.29, 0.717) is 18.8 Å². The lowest BCUT2D eigenvalue weighted by Gasteiger charge is -2.23. The first-order valence-electron chi connectivity index (χ1n) is 7.51. The zero-order valence-corrected chi connectivity index (χ0v) is 13.9. The van der Waals surface area contributed by atoms with Crippen LogP contribution in [0.5, 0.6) is 5.75 Å². The highest BCUT2D eigenvalue weighted by Crippen LogP contribution is 2.32. The normalized spacial score (nSPS) is 20.1. The van der Waals surface area contributed by atoms with Crippen LogP contribution in [0.15, 0.2) is 22.7 Å². The van der Waals surface area contributed by atoms with Crippen molar-refractivity contribution in [3.05, 3.63) is 28.2 Å². The van der Waals surface area contributed by atoms with E-state index in [-0.39, 0.29) is 0 Å². The van der Waals surface area contributed by atoms with Crippen molar-refractivity contribution in [2.45, 2.75) is 45.3 Å². The average molecular weight is 342 g/mol. The monoisotopic (exact) mass is 341 g/mol. The predicted octanol–water partition coefficient (Wildman–Crippen LogP) is 4.07. The Balaban J connectivity index is 2.10. The lowest BCUT2D eigenvalue weighted by atomic mass is 9.99. The van der Waals surface area contributed by atoms with Crippen molar-refractivity contribution in [2.24, 2.45) is 0 Å². The molecule has 0 spiro atoms. The maximum Gasteiger partial charge on any atom is 0.120 e. The molecule has 0 bridgehead atoms. The third-order valence-corrected chi connectivity index (χ3v) is 4.32. The minimum atomic E-state index is 0.327. The molecule has 1 N–H and O–H groups in total. The maximum absolute atomic E-state index is 5.77. The van der Waals surface area contributed by atoms with Gasteiger partial charge in [0.1, 0.15) is 5.75 Å². The second-order valence-corrected chi connectivity index (χ2v) is 5.95. The van der Waals surface area contributed by atoms with E-state index in [1.807, 2.05) is 13.0 Å². The van der Waals surface area contributed by atoms with Crippen LogP contribution in [0.4, 0.5) is 0 Å². The molecule has 2 atom stereocenters. The standard InChI is InChI=1S/C16H24BrNO2/c1-3-18-16(11-12-6-5-9-20-12)14-8-7-13(19-4-2)10-15(14)17/h7-8,10,12,16,18H,3-6,9,11H2,1-2H3. The number of nitrogens with one attached hydrogen (secondary N) is 1. The molecule has 0 radical (unpaired) electrons. The van der Waals surface area contributed by atoms with Gasteiger partial charge in [0.15, 0.2) is 0 Å². The molecule has 1 heterocycles. The van der Waals surface area contributed by atoms with E-state index < -0.39 is 0 Å². The Labute approximate surface area is 130 Å². The van der Waals surface area contributed by atoms with Crippen molar-refractivity contribution in [1.82, 2.24) is 5.32 Å². The Hall–Kier alpha value is -0.580. The lowest BCUT2D eigenvalue weighted by Crippen LogP contribution is -2.25.